The highest BCUT2D eigenvalue weighted by atomic mass is 35.5. The molecule has 1 unspecified atom stereocenters. The summed E-state index contributed by atoms with van der Waals surface area (Å²) in [4.78, 5) is 28.2. The minimum atomic E-state index is -0.574. The largest absolute Gasteiger partial charge is 0.351 e. The summed E-state index contributed by atoms with van der Waals surface area (Å²) >= 11 is 0. The number of hydrogen-bond acceptors (Lipinski definition) is 5. The van der Waals surface area contributed by atoms with Crippen LogP contribution in [-0.4, -0.2) is 80.0 Å². The average molecular weight is 423 g/mol. The third-order valence-corrected chi connectivity index (χ3v) is 3.98. The van der Waals surface area contributed by atoms with Crippen molar-refractivity contribution in [2.45, 2.75) is 32.9 Å². The first-order valence-electron chi connectivity index (χ1n) is 8.03. The predicted octanol–water partition coefficient (Wildman–Crippen LogP) is 0.103. The molecule has 0 radical (unpaired) electrons. The Morgan fingerprint density at radius 1 is 1.04 bits per heavy atom. The van der Waals surface area contributed by atoms with Gasteiger partial charge in [-0.2, -0.15) is 0 Å². The summed E-state index contributed by atoms with van der Waals surface area (Å²) in [6, 6.07) is -0.512. The lowest BCUT2D eigenvalue weighted by molar-refractivity contribution is -0.127. The van der Waals surface area contributed by atoms with E-state index in [0.29, 0.717) is 0 Å². The van der Waals surface area contributed by atoms with Gasteiger partial charge in [0.2, 0.25) is 11.8 Å². The maximum atomic E-state index is 11.9. The highest BCUT2D eigenvalue weighted by Gasteiger charge is 2.19. The number of rotatable bonds is 7. The molecule has 0 saturated carbocycles. The van der Waals surface area contributed by atoms with E-state index in [2.05, 4.69) is 27.5 Å². The fourth-order valence-corrected chi connectivity index (χ4v) is 2.38. The summed E-state index contributed by atoms with van der Waals surface area (Å²) in [5.74, 6) is -0.401. The number of piperazine rings is 1. The molecule has 2 amide bonds. The Morgan fingerprint density at radius 2 is 1.56 bits per heavy atom. The highest BCUT2D eigenvalue weighted by molar-refractivity contribution is 5.87. The Hall–Kier alpha value is -0.310. The molecule has 1 rings (SSSR count). The monoisotopic (exact) mass is 421 g/mol. The van der Waals surface area contributed by atoms with Gasteiger partial charge in [0.05, 0.1) is 12.6 Å². The lowest BCUT2D eigenvalue weighted by Gasteiger charge is -2.34. The Bertz CT molecular complexity index is 380. The van der Waals surface area contributed by atoms with Crippen LogP contribution in [0.5, 0.6) is 0 Å². The van der Waals surface area contributed by atoms with Crippen molar-refractivity contribution in [1.82, 2.24) is 20.4 Å². The quantitative estimate of drug-likeness (QED) is 0.541. The van der Waals surface area contributed by atoms with Crippen molar-refractivity contribution >= 4 is 49.0 Å². The number of nitrogens with zero attached hydrogens (tertiary/aromatic N) is 2. The van der Waals surface area contributed by atoms with Crippen LogP contribution in [0.15, 0.2) is 0 Å². The summed E-state index contributed by atoms with van der Waals surface area (Å²) in [5, 5.41) is 5.49. The topological polar surface area (TPSA) is 90.7 Å². The van der Waals surface area contributed by atoms with E-state index in [4.69, 9.17) is 5.73 Å². The number of nitrogens with two attached hydrogens (primary N) is 1. The second-order valence-corrected chi connectivity index (χ2v) is 6.56. The van der Waals surface area contributed by atoms with Gasteiger partial charge in [0.15, 0.2) is 0 Å². The van der Waals surface area contributed by atoms with Crippen LogP contribution in [0.4, 0.5) is 0 Å². The van der Waals surface area contributed by atoms with Gasteiger partial charge in [-0.25, -0.2) is 0 Å². The zero-order valence-electron chi connectivity index (χ0n) is 15.5. The number of halogens is 3. The summed E-state index contributed by atoms with van der Waals surface area (Å²) in [7, 11) is 2.12. The van der Waals surface area contributed by atoms with Crippen LogP contribution in [0.1, 0.15) is 20.8 Å². The lowest BCUT2D eigenvalue weighted by atomic mass is 10.1. The molecule has 10 heteroatoms. The van der Waals surface area contributed by atoms with Crippen molar-refractivity contribution in [3.63, 3.8) is 0 Å². The second-order valence-electron chi connectivity index (χ2n) is 6.56. The SMILES string of the molecule is CC(CN1CCN(C)CC1)NC(=O)CNC(=O)[C@@H](N)C(C)C.Cl.Cl.Cl. The van der Waals surface area contributed by atoms with Crippen LogP contribution in [0, 0.1) is 5.92 Å². The third-order valence-electron chi connectivity index (χ3n) is 3.98. The molecule has 152 valence electrons. The molecule has 1 aliphatic rings. The van der Waals surface area contributed by atoms with Gasteiger partial charge in [-0.15, -0.1) is 37.2 Å². The highest BCUT2D eigenvalue weighted by Crippen LogP contribution is 2.00. The van der Waals surface area contributed by atoms with Crippen LogP contribution in [0.25, 0.3) is 0 Å². The minimum Gasteiger partial charge on any atom is -0.351 e. The molecule has 0 aromatic heterocycles. The van der Waals surface area contributed by atoms with Gasteiger partial charge >= 0.3 is 0 Å². The molecule has 1 heterocycles. The smallest absolute Gasteiger partial charge is 0.239 e. The Kier molecular flexibility index (Phi) is 17.5. The maximum Gasteiger partial charge on any atom is 0.239 e. The van der Waals surface area contributed by atoms with E-state index in [9.17, 15) is 9.59 Å². The van der Waals surface area contributed by atoms with E-state index >= 15 is 0 Å². The lowest BCUT2D eigenvalue weighted by Crippen LogP contribution is -2.51. The molecule has 25 heavy (non-hydrogen) atoms. The maximum absolute atomic E-state index is 11.9. The van der Waals surface area contributed by atoms with E-state index in [1.54, 1.807) is 0 Å². The second kappa shape index (κ2) is 14.8. The predicted molar refractivity (Wildman–Crippen MR) is 109 cm³/mol. The zero-order chi connectivity index (χ0) is 16.7. The number of likely N-dealkylation sites (N-methyl/N-ethyl adjacent to an activating group) is 1. The number of hydrogen-bond donors (Lipinski definition) is 3. The molecule has 0 bridgehead atoms. The van der Waals surface area contributed by atoms with E-state index in [-0.39, 0.29) is 67.5 Å². The first kappa shape index (κ1) is 29.5. The van der Waals surface area contributed by atoms with E-state index in [1.807, 2.05) is 20.8 Å². The Morgan fingerprint density at radius 3 is 2.04 bits per heavy atom. The van der Waals surface area contributed by atoms with Gasteiger partial charge in [0.25, 0.3) is 0 Å². The molecule has 1 fully saturated rings. The average Bonchev–Trinajstić information content (AvgIpc) is 2.46. The third kappa shape index (κ3) is 11.8. The number of nitrogens with one attached hydrogen (secondary N) is 2. The summed E-state index contributed by atoms with van der Waals surface area (Å²) in [6.07, 6.45) is 0. The van der Waals surface area contributed by atoms with Crippen molar-refractivity contribution in [1.29, 1.82) is 0 Å². The Labute approximate surface area is 170 Å². The first-order valence-corrected chi connectivity index (χ1v) is 8.03. The summed E-state index contributed by atoms with van der Waals surface area (Å²) in [6.45, 7) is 10.7. The van der Waals surface area contributed by atoms with Gasteiger partial charge in [-0.05, 0) is 19.9 Å². The molecule has 1 saturated heterocycles. The van der Waals surface area contributed by atoms with Crippen LogP contribution >= 0.6 is 37.2 Å². The molecular weight excluding hydrogens is 389 g/mol. The van der Waals surface area contributed by atoms with Gasteiger partial charge in [0.1, 0.15) is 0 Å². The van der Waals surface area contributed by atoms with Gasteiger partial charge in [0, 0.05) is 38.8 Å². The van der Waals surface area contributed by atoms with Crippen LogP contribution < -0.4 is 16.4 Å². The van der Waals surface area contributed by atoms with E-state index in [1.165, 1.54) is 0 Å². The number of carbonyl (C=O) groups is 2. The normalized spacial score (nSPS) is 17.4. The van der Waals surface area contributed by atoms with Crippen molar-refractivity contribution in [2.75, 3.05) is 46.3 Å². The standard InChI is InChI=1S/C15H31N5O2.3ClH/c1-11(2)14(16)15(22)17-9-13(21)18-12(3)10-20-7-5-19(4)6-8-20;;;/h11-12,14H,5-10,16H2,1-4H3,(H,17,22)(H,18,21);3*1H/t12?,14-;;;/m0.../s1. The molecule has 7 nitrogen and oxygen atoms in total. The molecule has 2 atom stereocenters. The molecule has 0 aromatic rings. The van der Waals surface area contributed by atoms with Crippen LogP contribution in [0.3, 0.4) is 0 Å². The van der Waals surface area contributed by atoms with Crippen LogP contribution in [-0.2, 0) is 9.59 Å². The van der Waals surface area contributed by atoms with Crippen molar-refractivity contribution in [3.05, 3.63) is 0 Å². The molecule has 4 N–H and O–H groups in total. The molecule has 0 aliphatic carbocycles. The first-order chi connectivity index (χ1) is 10.3. The van der Waals surface area contributed by atoms with E-state index in [0.717, 1.165) is 32.7 Å². The van der Waals surface area contributed by atoms with Gasteiger partial charge in [-0.1, -0.05) is 13.8 Å². The van der Waals surface area contributed by atoms with Gasteiger partial charge < -0.3 is 21.3 Å². The molecular formula is C15H34Cl3N5O2. The summed E-state index contributed by atoms with van der Waals surface area (Å²) < 4.78 is 0. The molecule has 1 aliphatic heterocycles. The van der Waals surface area contributed by atoms with Gasteiger partial charge in [-0.3, -0.25) is 14.5 Å². The molecule has 0 aromatic carbocycles. The number of carbonyl (C=O) groups excluding carboxylic acids is 2. The fraction of sp³-hybridized carbons (Fsp3) is 0.867. The number of amides is 2. The summed E-state index contributed by atoms with van der Waals surface area (Å²) in [5.41, 5.74) is 5.73. The Balaban J connectivity index is -0.00000161. The zero-order valence-corrected chi connectivity index (χ0v) is 17.9. The minimum absolute atomic E-state index is 0. The van der Waals surface area contributed by atoms with Crippen LogP contribution in [0.2, 0.25) is 0 Å². The fourth-order valence-electron chi connectivity index (χ4n) is 2.38. The van der Waals surface area contributed by atoms with Crippen molar-refractivity contribution in [3.8, 4) is 0 Å². The van der Waals surface area contributed by atoms with Crippen molar-refractivity contribution in [2.24, 2.45) is 11.7 Å². The molecule has 0 spiro atoms. The van der Waals surface area contributed by atoms with E-state index < -0.39 is 6.04 Å². The van der Waals surface area contributed by atoms with Crippen molar-refractivity contribution < 1.29 is 9.59 Å².